The summed E-state index contributed by atoms with van der Waals surface area (Å²) in [5.74, 6) is 1.96. The molecular formula is C13H16ClN5O. The number of hydrogen-bond donors (Lipinski definition) is 3. The molecule has 0 aromatic carbocycles. The second kappa shape index (κ2) is 8.02. The molecule has 106 valence electrons. The van der Waals surface area contributed by atoms with E-state index in [4.69, 9.17) is 29.2 Å². The lowest BCUT2D eigenvalue weighted by molar-refractivity contribution is 0.221. The molecule has 0 aliphatic carbocycles. The van der Waals surface area contributed by atoms with Crippen LogP contribution in [0.2, 0.25) is 5.02 Å². The zero-order chi connectivity index (χ0) is 15.0. The van der Waals surface area contributed by atoms with Crippen molar-refractivity contribution in [3.05, 3.63) is 29.0 Å². The SMILES string of the molecule is C#CCNC(=O)N(CCCc1ncccc1Cl)C(=N)N. The average molecular weight is 294 g/mol. The Balaban J connectivity index is 2.52. The lowest BCUT2D eigenvalue weighted by Gasteiger charge is -2.20. The van der Waals surface area contributed by atoms with Crippen molar-refractivity contribution in [2.75, 3.05) is 13.1 Å². The Morgan fingerprint density at radius 1 is 1.65 bits per heavy atom. The molecule has 0 bridgehead atoms. The molecule has 0 atom stereocenters. The molecule has 2 amide bonds. The van der Waals surface area contributed by atoms with Gasteiger partial charge in [0.1, 0.15) is 0 Å². The van der Waals surface area contributed by atoms with Gasteiger partial charge in [-0.2, -0.15) is 0 Å². The van der Waals surface area contributed by atoms with Crippen molar-refractivity contribution in [2.24, 2.45) is 5.73 Å². The minimum Gasteiger partial charge on any atom is -0.370 e. The maximum atomic E-state index is 11.7. The molecule has 1 heterocycles. The van der Waals surface area contributed by atoms with Crippen molar-refractivity contribution in [1.82, 2.24) is 15.2 Å². The number of aromatic nitrogens is 1. The maximum absolute atomic E-state index is 11.7. The Labute approximate surface area is 122 Å². The van der Waals surface area contributed by atoms with Crippen molar-refractivity contribution in [1.29, 1.82) is 5.41 Å². The van der Waals surface area contributed by atoms with E-state index in [0.717, 1.165) is 10.6 Å². The van der Waals surface area contributed by atoms with Gasteiger partial charge in [-0.1, -0.05) is 17.5 Å². The summed E-state index contributed by atoms with van der Waals surface area (Å²) in [4.78, 5) is 17.0. The number of nitrogens with one attached hydrogen (secondary N) is 2. The number of urea groups is 1. The van der Waals surface area contributed by atoms with Gasteiger partial charge in [-0.15, -0.1) is 6.42 Å². The molecule has 1 aromatic heterocycles. The Bertz CT molecular complexity index is 526. The topological polar surface area (TPSA) is 95.1 Å². The van der Waals surface area contributed by atoms with Gasteiger partial charge in [-0.25, -0.2) is 4.79 Å². The summed E-state index contributed by atoms with van der Waals surface area (Å²) in [7, 11) is 0. The summed E-state index contributed by atoms with van der Waals surface area (Å²) in [6.07, 6.45) is 7.88. The lowest BCUT2D eigenvalue weighted by Crippen LogP contribution is -2.47. The molecule has 0 saturated heterocycles. The molecule has 20 heavy (non-hydrogen) atoms. The van der Waals surface area contributed by atoms with E-state index in [2.05, 4.69) is 16.2 Å². The van der Waals surface area contributed by atoms with E-state index in [9.17, 15) is 4.79 Å². The van der Waals surface area contributed by atoms with Crippen LogP contribution in [-0.4, -0.2) is 35.0 Å². The number of nitrogens with zero attached hydrogens (tertiary/aromatic N) is 2. The van der Waals surface area contributed by atoms with E-state index in [-0.39, 0.29) is 12.5 Å². The highest BCUT2D eigenvalue weighted by Crippen LogP contribution is 2.13. The first-order chi connectivity index (χ1) is 9.56. The molecule has 0 fully saturated rings. The summed E-state index contributed by atoms with van der Waals surface area (Å²) in [6.45, 7) is 0.382. The number of aryl methyl sites for hydroxylation is 1. The van der Waals surface area contributed by atoms with Crippen LogP contribution in [0.4, 0.5) is 4.79 Å². The third kappa shape index (κ3) is 4.78. The molecule has 0 spiro atoms. The monoisotopic (exact) mass is 293 g/mol. The van der Waals surface area contributed by atoms with Gasteiger partial charge in [0.15, 0.2) is 5.96 Å². The predicted octanol–water partition coefficient (Wildman–Crippen LogP) is 1.21. The number of hydrogen-bond acceptors (Lipinski definition) is 3. The smallest absolute Gasteiger partial charge is 0.324 e. The van der Waals surface area contributed by atoms with Crippen LogP contribution in [0.3, 0.4) is 0 Å². The first-order valence-electron chi connectivity index (χ1n) is 5.98. The molecule has 6 nitrogen and oxygen atoms in total. The van der Waals surface area contributed by atoms with E-state index >= 15 is 0 Å². The Kier molecular flexibility index (Phi) is 6.33. The van der Waals surface area contributed by atoms with Crippen molar-refractivity contribution < 1.29 is 4.79 Å². The van der Waals surface area contributed by atoms with Crippen LogP contribution in [0.5, 0.6) is 0 Å². The number of carbonyl (C=O) groups is 1. The van der Waals surface area contributed by atoms with Crippen LogP contribution in [0, 0.1) is 17.8 Å². The van der Waals surface area contributed by atoms with Crippen molar-refractivity contribution in [3.63, 3.8) is 0 Å². The van der Waals surface area contributed by atoms with Gasteiger partial charge in [0.2, 0.25) is 0 Å². The van der Waals surface area contributed by atoms with E-state index in [1.807, 2.05) is 0 Å². The second-order valence-corrected chi connectivity index (χ2v) is 4.34. The highest BCUT2D eigenvalue weighted by atomic mass is 35.5. The number of halogens is 1. The molecule has 0 aliphatic heterocycles. The lowest BCUT2D eigenvalue weighted by atomic mass is 10.2. The van der Waals surface area contributed by atoms with E-state index in [1.54, 1.807) is 18.3 Å². The Morgan fingerprint density at radius 2 is 2.40 bits per heavy atom. The van der Waals surface area contributed by atoms with Gasteiger partial charge in [0.25, 0.3) is 0 Å². The number of terminal acetylenes is 1. The maximum Gasteiger partial charge on any atom is 0.324 e. The first-order valence-corrected chi connectivity index (χ1v) is 6.36. The summed E-state index contributed by atoms with van der Waals surface area (Å²) >= 11 is 5.99. The normalized spacial score (nSPS) is 9.60. The third-order valence-corrected chi connectivity index (χ3v) is 2.85. The predicted molar refractivity (Wildman–Crippen MR) is 78.4 cm³/mol. The number of amides is 2. The van der Waals surface area contributed by atoms with Crippen LogP contribution >= 0.6 is 11.6 Å². The molecule has 0 radical (unpaired) electrons. The molecule has 0 unspecified atom stereocenters. The Hall–Kier alpha value is -2.26. The van der Waals surface area contributed by atoms with Crippen molar-refractivity contribution in [3.8, 4) is 12.3 Å². The summed E-state index contributed by atoms with van der Waals surface area (Å²) in [5.41, 5.74) is 6.13. The molecule has 4 N–H and O–H groups in total. The molecular weight excluding hydrogens is 278 g/mol. The largest absolute Gasteiger partial charge is 0.370 e. The molecule has 1 rings (SSSR count). The van der Waals surface area contributed by atoms with Crippen molar-refractivity contribution in [2.45, 2.75) is 12.8 Å². The quantitative estimate of drug-likeness (QED) is 0.432. The molecule has 7 heteroatoms. The molecule has 1 aromatic rings. The van der Waals surface area contributed by atoms with E-state index in [0.29, 0.717) is 24.4 Å². The summed E-state index contributed by atoms with van der Waals surface area (Å²) in [6, 6.07) is 3.02. The highest BCUT2D eigenvalue weighted by molar-refractivity contribution is 6.31. The zero-order valence-electron chi connectivity index (χ0n) is 10.9. The molecule has 0 aliphatic rings. The van der Waals surface area contributed by atoms with Crippen LogP contribution in [0.15, 0.2) is 18.3 Å². The highest BCUT2D eigenvalue weighted by Gasteiger charge is 2.15. The van der Waals surface area contributed by atoms with Crippen LogP contribution in [-0.2, 0) is 6.42 Å². The zero-order valence-corrected chi connectivity index (χ0v) is 11.7. The van der Waals surface area contributed by atoms with Gasteiger partial charge < -0.3 is 11.1 Å². The molecule has 0 saturated carbocycles. The fraction of sp³-hybridized carbons (Fsp3) is 0.308. The number of guanidine groups is 1. The fourth-order valence-corrected chi connectivity index (χ4v) is 1.78. The summed E-state index contributed by atoms with van der Waals surface area (Å²) in [5, 5.41) is 10.4. The van der Waals surface area contributed by atoms with Crippen LogP contribution in [0.25, 0.3) is 0 Å². The number of pyridine rings is 1. The first kappa shape index (κ1) is 15.8. The standard InChI is InChI=1S/C13H16ClN5O/c1-2-7-18-13(20)19(12(15)16)9-4-6-11-10(14)5-3-8-17-11/h1,3,5,8H,4,6-7,9H2,(H3,15,16)(H,18,20). The minimum atomic E-state index is -0.484. The third-order valence-electron chi connectivity index (χ3n) is 2.51. The second-order valence-electron chi connectivity index (χ2n) is 3.94. The number of rotatable bonds is 5. The van der Waals surface area contributed by atoms with Crippen LogP contribution in [0.1, 0.15) is 12.1 Å². The fourth-order valence-electron chi connectivity index (χ4n) is 1.56. The van der Waals surface area contributed by atoms with E-state index in [1.165, 1.54) is 0 Å². The number of nitrogens with two attached hydrogens (primary N) is 1. The number of carbonyl (C=O) groups excluding carboxylic acids is 1. The van der Waals surface area contributed by atoms with Gasteiger partial charge in [0.05, 0.1) is 17.3 Å². The average Bonchev–Trinajstić information content (AvgIpc) is 2.42. The van der Waals surface area contributed by atoms with E-state index < -0.39 is 6.03 Å². The van der Waals surface area contributed by atoms with Crippen molar-refractivity contribution >= 4 is 23.6 Å². The van der Waals surface area contributed by atoms with Gasteiger partial charge in [0, 0.05) is 12.7 Å². The Morgan fingerprint density at radius 3 is 3.00 bits per heavy atom. The minimum absolute atomic E-state index is 0.0919. The van der Waals surface area contributed by atoms with Gasteiger partial charge in [-0.05, 0) is 25.0 Å². The van der Waals surface area contributed by atoms with Gasteiger partial charge >= 0.3 is 6.03 Å². The van der Waals surface area contributed by atoms with Crippen LogP contribution < -0.4 is 11.1 Å². The summed E-state index contributed by atoms with van der Waals surface area (Å²) < 4.78 is 0. The van der Waals surface area contributed by atoms with Gasteiger partial charge in [-0.3, -0.25) is 15.3 Å².